The maximum Gasteiger partial charge on any atom is 0.123 e. The minimum absolute atomic E-state index is 0.267. The number of ether oxygens (including phenoxy) is 2. The summed E-state index contributed by atoms with van der Waals surface area (Å²) in [6.07, 6.45) is 3.35. The first kappa shape index (κ1) is 24.1. The summed E-state index contributed by atoms with van der Waals surface area (Å²) in [5, 5.41) is 10.2. The van der Waals surface area contributed by atoms with E-state index >= 15 is 0 Å². The van der Waals surface area contributed by atoms with E-state index in [1.54, 1.807) is 13.2 Å². The summed E-state index contributed by atoms with van der Waals surface area (Å²) in [5.41, 5.74) is 5.59. The first-order valence-electron chi connectivity index (χ1n) is 12.1. The van der Waals surface area contributed by atoms with Crippen molar-refractivity contribution in [3.8, 4) is 28.4 Å². The third-order valence-corrected chi connectivity index (χ3v) is 6.37. The number of rotatable bonds is 10. The highest BCUT2D eigenvalue weighted by Gasteiger charge is 2.12. The Morgan fingerprint density at radius 2 is 1.65 bits per heavy atom. The van der Waals surface area contributed by atoms with E-state index in [4.69, 9.17) is 9.47 Å². The second-order valence-electron chi connectivity index (χ2n) is 9.32. The van der Waals surface area contributed by atoms with E-state index in [9.17, 15) is 5.11 Å². The van der Waals surface area contributed by atoms with Crippen molar-refractivity contribution in [1.82, 2.24) is 9.80 Å². The van der Waals surface area contributed by atoms with Gasteiger partial charge in [-0.2, -0.15) is 0 Å². The zero-order valence-electron chi connectivity index (χ0n) is 20.6. The molecule has 1 fully saturated rings. The van der Waals surface area contributed by atoms with Gasteiger partial charge in [-0.1, -0.05) is 30.3 Å². The Kier molecular flexibility index (Phi) is 8.09. The van der Waals surface area contributed by atoms with Gasteiger partial charge in [0.15, 0.2) is 0 Å². The van der Waals surface area contributed by atoms with Crippen molar-refractivity contribution >= 4 is 0 Å². The van der Waals surface area contributed by atoms with Crippen LogP contribution >= 0.6 is 0 Å². The zero-order valence-corrected chi connectivity index (χ0v) is 20.6. The van der Waals surface area contributed by atoms with Crippen molar-refractivity contribution < 1.29 is 14.6 Å². The lowest BCUT2D eigenvalue weighted by Gasteiger charge is -2.16. The molecule has 0 amide bonds. The fraction of sp³-hybridized carbons (Fsp3) is 0.379. The number of nitrogens with zero attached hydrogens (tertiary/aromatic N) is 2. The van der Waals surface area contributed by atoms with Gasteiger partial charge in [-0.05, 0) is 99.0 Å². The highest BCUT2D eigenvalue weighted by atomic mass is 16.5. The Morgan fingerprint density at radius 3 is 2.35 bits per heavy atom. The molecule has 4 rings (SSSR count). The topological polar surface area (TPSA) is 45.2 Å². The number of phenolic OH excluding ortho intramolecular Hbond substituents is 1. The van der Waals surface area contributed by atoms with Crippen LogP contribution in [0.4, 0.5) is 0 Å². The molecule has 3 aromatic rings. The molecule has 1 aliphatic rings. The maximum atomic E-state index is 10.2. The second-order valence-corrected chi connectivity index (χ2v) is 9.32. The standard InChI is InChI=1S/C29H36N2O3/c1-30(2)21-25-7-6-22(19-29(25)33-3)18-24-8-11-26(32)20-28(24)23-9-12-27(13-10-23)34-17-16-31-14-4-5-15-31/h6-13,19-20,32H,4-5,14-18,21H2,1-3H3. The van der Waals surface area contributed by atoms with Crippen LogP contribution in [-0.2, 0) is 13.0 Å². The summed E-state index contributed by atoms with van der Waals surface area (Å²) in [6.45, 7) is 4.90. The van der Waals surface area contributed by atoms with Crippen LogP contribution in [0.2, 0.25) is 0 Å². The predicted molar refractivity (Wildman–Crippen MR) is 138 cm³/mol. The van der Waals surface area contributed by atoms with Gasteiger partial charge in [-0.25, -0.2) is 0 Å². The van der Waals surface area contributed by atoms with Crippen molar-refractivity contribution in [2.75, 3.05) is 47.4 Å². The normalized spacial score (nSPS) is 14.0. The molecule has 0 saturated carbocycles. The molecule has 5 nitrogen and oxygen atoms in total. The Labute approximate surface area is 203 Å². The van der Waals surface area contributed by atoms with Crippen molar-refractivity contribution in [3.05, 3.63) is 77.4 Å². The van der Waals surface area contributed by atoms with Crippen LogP contribution in [0, 0.1) is 0 Å². The van der Waals surface area contributed by atoms with Gasteiger partial charge in [0.1, 0.15) is 23.9 Å². The molecule has 0 bridgehead atoms. The summed E-state index contributed by atoms with van der Waals surface area (Å²) < 4.78 is 11.6. The van der Waals surface area contributed by atoms with Gasteiger partial charge in [0, 0.05) is 18.7 Å². The molecule has 34 heavy (non-hydrogen) atoms. The molecule has 0 spiro atoms. The van der Waals surface area contributed by atoms with Gasteiger partial charge in [-0.3, -0.25) is 4.90 Å². The van der Waals surface area contributed by atoms with E-state index in [0.29, 0.717) is 6.61 Å². The van der Waals surface area contributed by atoms with Crippen LogP contribution < -0.4 is 9.47 Å². The number of phenols is 1. The van der Waals surface area contributed by atoms with Crippen LogP contribution in [0.1, 0.15) is 29.5 Å². The Balaban J connectivity index is 1.48. The SMILES string of the molecule is COc1cc(Cc2ccc(O)cc2-c2ccc(OCCN3CCCC3)cc2)ccc1CN(C)C. The second kappa shape index (κ2) is 11.4. The molecule has 0 aliphatic carbocycles. The van der Waals surface area contributed by atoms with E-state index in [2.05, 4.69) is 54.2 Å². The number of aromatic hydroxyl groups is 1. The summed E-state index contributed by atoms with van der Waals surface area (Å²) in [6, 6.07) is 20.2. The van der Waals surface area contributed by atoms with E-state index in [-0.39, 0.29) is 5.75 Å². The van der Waals surface area contributed by atoms with Crippen LogP contribution in [0.25, 0.3) is 11.1 Å². The molecular formula is C29H36N2O3. The van der Waals surface area contributed by atoms with Gasteiger partial charge in [0.25, 0.3) is 0 Å². The van der Waals surface area contributed by atoms with Crippen molar-refractivity contribution in [2.24, 2.45) is 0 Å². The van der Waals surface area contributed by atoms with Crippen molar-refractivity contribution in [3.63, 3.8) is 0 Å². The molecule has 3 aromatic carbocycles. The largest absolute Gasteiger partial charge is 0.508 e. The molecule has 180 valence electrons. The minimum Gasteiger partial charge on any atom is -0.508 e. The molecule has 0 radical (unpaired) electrons. The number of likely N-dealkylation sites (tertiary alicyclic amines) is 1. The molecule has 0 aromatic heterocycles. The van der Waals surface area contributed by atoms with Gasteiger partial charge >= 0.3 is 0 Å². The summed E-state index contributed by atoms with van der Waals surface area (Å²) in [5.74, 6) is 2.05. The predicted octanol–water partition coefficient (Wildman–Crippen LogP) is 5.19. The molecule has 5 heteroatoms. The summed E-state index contributed by atoms with van der Waals surface area (Å²) in [4.78, 5) is 4.59. The van der Waals surface area contributed by atoms with Crippen LogP contribution in [-0.4, -0.2) is 62.4 Å². The van der Waals surface area contributed by atoms with Gasteiger partial charge in [0.05, 0.1) is 7.11 Å². The van der Waals surface area contributed by atoms with E-state index in [0.717, 1.165) is 47.7 Å². The third-order valence-electron chi connectivity index (χ3n) is 6.37. The smallest absolute Gasteiger partial charge is 0.123 e. The molecule has 0 unspecified atom stereocenters. The molecular weight excluding hydrogens is 424 g/mol. The van der Waals surface area contributed by atoms with Crippen molar-refractivity contribution in [1.29, 1.82) is 0 Å². The van der Waals surface area contributed by atoms with Crippen molar-refractivity contribution in [2.45, 2.75) is 25.8 Å². The molecule has 0 atom stereocenters. The van der Waals surface area contributed by atoms with E-state index in [1.165, 1.54) is 37.1 Å². The lowest BCUT2D eigenvalue weighted by atomic mass is 9.94. The van der Waals surface area contributed by atoms with Crippen LogP contribution in [0.5, 0.6) is 17.2 Å². The van der Waals surface area contributed by atoms with Crippen LogP contribution in [0.3, 0.4) is 0 Å². The first-order chi connectivity index (χ1) is 16.5. The highest BCUT2D eigenvalue weighted by Crippen LogP contribution is 2.32. The maximum absolute atomic E-state index is 10.2. The van der Waals surface area contributed by atoms with E-state index in [1.807, 2.05) is 24.3 Å². The third kappa shape index (κ3) is 6.31. The fourth-order valence-electron chi connectivity index (χ4n) is 4.61. The number of hydrogen-bond donors (Lipinski definition) is 1. The van der Waals surface area contributed by atoms with Gasteiger partial charge < -0.3 is 19.5 Å². The minimum atomic E-state index is 0.267. The Hall–Kier alpha value is -3.02. The van der Waals surface area contributed by atoms with Crippen LogP contribution in [0.15, 0.2) is 60.7 Å². The summed E-state index contributed by atoms with van der Waals surface area (Å²) >= 11 is 0. The Bertz CT molecular complexity index is 1070. The lowest BCUT2D eigenvalue weighted by molar-refractivity contribution is 0.238. The monoisotopic (exact) mass is 460 g/mol. The lowest BCUT2D eigenvalue weighted by Crippen LogP contribution is -2.25. The molecule has 1 saturated heterocycles. The van der Waals surface area contributed by atoms with E-state index < -0.39 is 0 Å². The first-order valence-corrected chi connectivity index (χ1v) is 12.1. The number of benzene rings is 3. The Morgan fingerprint density at radius 1 is 0.912 bits per heavy atom. The summed E-state index contributed by atoms with van der Waals surface area (Å²) in [7, 11) is 5.83. The highest BCUT2D eigenvalue weighted by molar-refractivity contribution is 5.70. The average molecular weight is 461 g/mol. The number of methoxy groups -OCH3 is 1. The van der Waals surface area contributed by atoms with Gasteiger partial charge in [0.2, 0.25) is 0 Å². The molecule has 1 aliphatic heterocycles. The fourth-order valence-corrected chi connectivity index (χ4v) is 4.61. The molecule has 1 N–H and O–H groups in total. The quantitative estimate of drug-likeness (QED) is 0.451. The number of hydrogen-bond acceptors (Lipinski definition) is 5. The van der Waals surface area contributed by atoms with Gasteiger partial charge in [-0.15, -0.1) is 0 Å². The zero-order chi connectivity index (χ0) is 23.9. The molecule has 1 heterocycles. The average Bonchev–Trinajstić information content (AvgIpc) is 3.35.